The molecule has 168 valence electrons. The molecule has 10 heteroatoms. The first-order valence-electron chi connectivity index (χ1n) is 10.3. The van der Waals surface area contributed by atoms with Gasteiger partial charge in [-0.05, 0) is 47.4 Å². The first-order chi connectivity index (χ1) is 16.0. The van der Waals surface area contributed by atoms with E-state index in [4.69, 9.17) is 11.3 Å². The molecule has 33 heavy (non-hydrogen) atoms. The molecule has 4 N–H and O–H groups in total. The van der Waals surface area contributed by atoms with Gasteiger partial charge in [-0.1, -0.05) is 13.0 Å². The Labute approximate surface area is 188 Å². The van der Waals surface area contributed by atoms with Crippen LogP contribution in [0, 0.1) is 12.4 Å². The number of rotatable bonds is 7. The van der Waals surface area contributed by atoms with Crippen LogP contribution in [0.5, 0.6) is 5.75 Å². The fourth-order valence-electron chi connectivity index (χ4n) is 3.51. The summed E-state index contributed by atoms with van der Waals surface area (Å²) in [5.74, 6) is -0.503. The number of nitrogens with one attached hydrogen (secondary N) is 3. The average molecular weight is 448 g/mol. The van der Waals surface area contributed by atoms with Gasteiger partial charge in [0.1, 0.15) is 5.69 Å². The summed E-state index contributed by atoms with van der Waals surface area (Å²) in [7, 11) is 0. The predicted molar refractivity (Wildman–Crippen MR) is 120 cm³/mol. The van der Waals surface area contributed by atoms with E-state index in [1.54, 1.807) is 6.20 Å². The normalized spacial score (nSPS) is 10.8. The Balaban J connectivity index is 1.54. The first kappa shape index (κ1) is 21.8. The van der Waals surface area contributed by atoms with Crippen LogP contribution in [0.15, 0.2) is 36.5 Å². The van der Waals surface area contributed by atoms with Crippen LogP contribution in [0.25, 0.3) is 38.4 Å². The van der Waals surface area contributed by atoms with Gasteiger partial charge in [-0.3, -0.25) is 5.10 Å². The average Bonchev–Trinajstić information content (AvgIpc) is 3.45. The van der Waals surface area contributed by atoms with Crippen molar-refractivity contribution in [2.75, 3.05) is 13.2 Å². The maximum atomic E-state index is 14.0. The van der Waals surface area contributed by atoms with Gasteiger partial charge in [-0.2, -0.15) is 5.10 Å². The van der Waals surface area contributed by atoms with Gasteiger partial charge in [-0.15, -0.1) is 0 Å². The number of imidazole rings is 1. The SMILES string of the molecule is [C-]#[N+]CCOC(=O)NCc1cnc(-c2n[nH]c3cc(-c4cc(F)c(O)cc4CC)ccc23)[nH]1. The summed E-state index contributed by atoms with van der Waals surface area (Å²) in [5, 5.41) is 20.4. The second kappa shape index (κ2) is 9.40. The third-order valence-corrected chi connectivity index (χ3v) is 5.14. The zero-order valence-corrected chi connectivity index (χ0v) is 17.8. The number of nitrogens with zero attached hydrogens (tertiary/aromatic N) is 3. The van der Waals surface area contributed by atoms with E-state index >= 15 is 0 Å². The number of H-pyrrole nitrogens is 2. The minimum absolute atomic E-state index is 0.0430. The van der Waals surface area contributed by atoms with Gasteiger partial charge in [0.25, 0.3) is 0 Å². The van der Waals surface area contributed by atoms with Crippen molar-refractivity contribution in [1.29, 1.82) is 0 Å². The summed E-state index contributed by atoms with van der Waals surface area (Å²) < 4.78 is 18.9. The Morgan fingerprint density at radius 1 is 1.33 bits per heavy atom. The van der Waals surface area contributed by atoms with Crippen LogP contribution in [0.4, 0.5) is 9.18 Å². The summed E-state index contributed by atoms with van der Waals surface area (Å²) in [5.41, 5.74) is 4.36. The minimum Gasteiger partial charge on any atom is -0.505 e. The van der Waals surface area contributed by atoms with Gasteiger partial charge in [0, 0.05) is 5.39 Å². The number of aryl methyl sites for hydroxylation is 1. The van der Waals surface area contributed by atoms with E-state index in [2.05, 4.69) is 30.3 Å². The number of halogens is 1. The summed E-state index contributed by atoms with van der Waals surface area (Å²) in [6.07, 6.45) is 1.63. The molecule has 0 aliphatic carbocycles. The standard InChI is InChI=1S/C23H21FN6O3/c1-3-13-9-20(31)18(24)10-17(13)14-4-5-16-19(8-14)29-30-21(16)22-26-11-15(28-22)12-27-23(32)33-7-6-25-2/h4-5,8-11,31H,3,6-7,12H2,1H3,(H,26,28)(H,27,32)(H,29,30). The fraction of sp³-hybridized carbons (Fsp3) is 0.217. The van der Waals surface area contributed by atoms with Gasteiger partial charge in [0.05, 0.1) is 24.0 Å². The van der Waals surface area contributed by atoms with Crippen molar-refractivity contribution in [3.8, 4) is 28.4 Å². The second-order valence-electron chi connectivity index (χ2n) is 7.28. The molecular weight excluding hydrogens is 427 g/mol. The number of fused-ring (bicyclic) bond motifs is 1. The molecule has 9 nitrogen and oxygen atoms in total. The van der Waals surface area contributed by atoms with E-state index in [-0.39, 0.29) is 25.4 Å². The zero-order chi connectivity index (χ0) is 23.4. The van der Waals surface area contributed by atoms with Crippen LogP contribution in [-0.4, -0.2) is 44.5 Å². The van der Waals surface area contributed by atoms with Gasteiger partial charge in [0.15, 0.2) is 24.0 Å². The number of alkyl carbamates (subject to hydrolysis) is 1. The second-order valence-corrected chi connectivity index (χ2v) is 7.28. The fourth-order valence-corrected chi connectivity index (χ4v) is 3.51. The number of phenols is 1. The van der Waals surface area contributed by atoms with Gasteiger partial charge in [-0.25, -0.2) is 20.7 Å². The number of carbonyl (C=O) groups is 1. The van der Waals surface area contributed by atoms with E-state index in [1.807, 2.05) is 25.1 Å². The molecule has 4 aromatic rings. The van der Waals surface area contributed by atoms with E-state index < -0.39 is 11.9 Å². The Morgan fingerprint density at radius 3 is 2.97 bits per heavy atom. The number of benzene rings is 2. The third kappa shape index (κ3) is 4.62. The van der Waals surface area contributed by atoms with Crippen LogP contribution in [0.1, 0.15) is 18.2 Å². The molecule has 0 radical (unpaired) electrons. The molecule has 0 aliphatic heterocycles. The lowest BCUT2D eigenvalue weighted by atomic mass is 9.96. The topological polar surface area (TPSA) is 120 Å². The van der Waals surface area contributed by atoms with Crippen molar-refractivity contribution < 1.29 is 19.0 Å². The van der Waals surface area contributed by atoms with Crippen LogP contribution in [-0.2, 0) is 17.7 Å². The maximum absolute atomic E-state index is 14.0. The molecule has 0 fully saturated rings. The highest BCUT2D eigenvalue weighted by Crippen LogP contribution is 2.33. The number of hydrogen-bond acceptors (Lipinski definition) is 5. The number of aromatic amines is 2. The highest BCUT2D eigenvalue weighted by molar-refractivity contribution is 5.94. The Kier molecular flexibility index (Phi) is 6.22. The lowest BCUT2D eigenvalue weighted by Crippen LogP contribution is -2.24. The van der Waals surface area contributed by atoms with Crippen molar-refractivity contribution in [2.24, 2.45) is 0 Å². The molecule has 0 unspecified atom stereocenters. The quantitative estimate of drug-likeness (QED) is 0.250. The summed E-state index contributed by atoms with van der Waals surface area (Å²) in [6, 6.07) is 8.42. The van der Waals surface area contributed by atoms with Crippen molar-refractivity contribution in [3.05, 3.63) is 65.0 Å². The first-order valence-corrected chi connectivity index (χ1v) is 10.3. The zero-order valence-electron chi connectivity index (χ0n) is 17.8. The van der Waals surface area contributed by atoms with Gasteiger partial charge < -0.3 is 25.0 Å². The molecule has 0 spiro atoms. The van der Waals surface area contributed by atoms with Crippen LogP contribution in [0.2, 0.25) is 0 Å². The van der Waals surface area contributed by atoms with E-state index in [1.165, 1.54) is 12.1 Å². The highest BCUT2D eigenvalue weighted by atomic mass is 19.1. The molecule has 2 aromatic carbocycles. The third-order valence-electron chi connectivity index (χ3n) is 5.14. The molecule has 0 bridgehead atoms. The maximum Gasteiger partial charge on any atom is 0.407 e. The number of aromatic nitrogens is 4. The van der Waals surface area contributed by atoms with Crippen molar-refractivity contribution in [1.82, 2.24) is 25.5 Å². The van der Waals surface area contributed by atoms with Crippen LogP contribution < -0.4 is 5.32 Å². The molecule has 2 aromatic heterocycles. The molecular formula is C23H21FN6O3. The van der Waals surface area contributed by atoms with Crippen molar-refractivity contribution >= 4 is 17.0 Å². The molecule has 1 amide bonds. The van der Waals surface area contributed by atoms with Crippen molar-refractivity contribution in [2.45, 2.75) is 19.9 Å². The Bertz CT molecular complexity index is 1350. The van der Waals surface area contributed by atoms with Gasteiger partial charge in [0.2, 0.25) is 6.54 Å². The molecule has 4 rings (SSSR count). The molecule has 0 saturated carbocycles. The van der Waals surface area contributed by atoms with Crippen LogP contribution >= 0.6 is 0 Å². The molecule has 0 aliphatic rings. The number of ether oxygens (including phenoxy) is 1. The Morgan fingerprint density at radius 2 is 2.18 bits per heavy atom. The smallest absolute Gasteiger partial charge is 0.407 e. The van der Waals surface area contributed by atoms with E-state index in [9.17, 15) is 14.3 Å². The lowest BCUT2D eigenvalue weighted by molar-refractivity contribution is 0.150. The molecule has 2 heterocycles. The number of aromatic hydroxyl groups is 1. The van der Waals surface area contributed by atoms with Gasteiger partial charge >= 0.3 is 6.09 Å². The highest BCUT2D eigenvalue weighted by Gasteiger charge is 2.15. The van der Waals surface area contributed by atoms with Crippen molar-refractivity contribution in [3.63, 3.8) is 0 Å². The lowest BCUT2D eigenvalue weighted by Gasteiger charge is -2.10. The number of carbonyl (C=O) groups excluding carboxylic acids is 1. The van der Waals surface area contributed by atoms with Crippen LogP contribution in [0.3, 0.4) is 0 Å². The minimum atomic E-state index is -0.667. The monoisotopic (exact) mass is 448 g/mol. The number of amides is 1. The number of hydrogen-bond donors (Lipinski definition) is 4. The molecule has 0 atom stereocenters. The largest absolute Gasteiger partial charge is 0.505 e. The summed E-state index contributed by atoms with van der Waals surface area (Å²) in [4.78, 5) is 22.2. The van der Waals surface area contributed by atoms with E-state index in [0.29, 0.717) is 29.2 Å². The molecule has 0 saturated heterocycles. The summed E-state index contributed by atoms with van der Waals surface area (Å²) >= 11 is 0. The van der Waals surface area contributed by atoms with E-state index in [0.717, 1.165) is 22.0 Å². The Hall–Kier alpha value is -4.39. The predicted octanol–water partition coefficient (Wildman–Crippen LogP) is 4.17. The number of phenolic OH excluding ortho intramolecular Hbond substituents is 1. The summed E-state index contributed by atoms with van der Waals surface area (Å²) in [6.45, 7) is 8.96.